The molecule has 0 bridgehead atoms. The number of nitrogen functional groups attached to an aromatic ring is 1. The van der Waals surface area contributed by atoms with E-state index >= 15 is 0 Å². The van der Waals surface area contributed by atoms with E-state index < -0.39 is 11.8 Å². The van der Waals surface area contributed by atoms with E-state index in [2.05, 4.69) is 30.7 Å². The second-order valence-corrected chi connectivity index (χ2v) is 10.6. The molecule has 0 fully saturated rings. The molecule has 2 amide bonds. The van der Waals surface area contributed by atoms with Gasteiger partial charge in [-0.2, -0.15) is 10.1 Å². The van der Waals surface area contributed by atoms with Crippen LogP contribution in [0.1, 0.15) is 39.1 Å². The van der Waals surface area contributed by atoms with Gasteiger partial charge in [-0.15, -0.1) is 0 Å². The average molecular weight is 556 g/mol. The van der Waals surface area contributed by atoms with Gasteiger partial charge in [-0.3, -0.25) is 19.7 Å². The summed E-state index contributed by atoms with van der Waals surface area (Å²) >= 11 is 0. The van der Waals surface area contributed by atoms with Gasteiger partial charge in [0, 0.05) is 40.9 Å². The van der Waals surface area contributed by atoms with Gasteiger partial charge >= 0.3 is 6.03 Å². The van der Waals surface area contributed by atoms with Crippen molar-refractivity contribution in [3.05, 3.63) is 82.4 Å². The highest BCUT2D eigenvalue weighted by atomic mass is 19.1. The van der Waals surface area contributed by atoms with Crippen molar-refractivity contribution < 1.29 is 9.18 Å². The van der Waals surface area contributed by atoms with Crippen molar-refractivity contribution >= 4 is 34.5 Å². The lowest BCUT2D eigenvalue weighted by atomic mass is 9.92. The molecule has 11 nitrogen and oxygen atoms in total. The van der Waals surface area contributed by atoms with Gasteiger partial charge in [-0.05, 0) is 49.7 Å². The molecule has 0 spiro atoms. The van der Waals surface area contributed by atoms with Crippen LogP contribution < -0.4 is 21.9 Å². The Hall–Kier alpha value is -5.13. The first-order chi connectivity index (χ1) is 19.4. The molecule has 0 aliphatic rings. The number of amides is 2. The van der Waals surface area contributed by atoms with Crippen molar-refractivity contribution in [2.75, 3.05) is 16.4 Å². The maximum absolute atomic E-state index is 14.9. The Bertz CT molecular complexity index is 1840. The Kier molecular flexibility index (Phi) is 6.99. The number of aromatic nitrogens is 6. The molecule has 0 saturated heterocycles. The van der Waals surface area contributed by atoms with Gasteiger partial charge in [0.25, 0.3) is 5.56 Å². The zero-order valence-electron chi connectivity index (χ0n) is 23.4. The summed E-state index contributed by atoms with van der Waals surface area (Å²) in [6.07, 6.45) is 3.19. The summed E-state index contributed by atoms with van der Waals surface area (Å²) in [5.41, 5.74) is 8.37. The molecule has 210 valence electrons. The Balaban J connectivity index is 1.48. The molecule has 0 saturated carbocycles. The van der Waals surface area contributed by atoms with E-state index in [9.17, 15) is 14.0 Å². The number of nitrogens with zero attached hydrogens (tertiary/aromatic N) is 6. The van der Waals surface area contributed by atoms with Crippen molar-refractivity contribution in [2.45, 2.75) is 46.6 Å². The van der Waals surface area contributed by atoms with Gasteiger partial charge in [-0.1, -0.05) is 26.8 Å². The fraction of sp³-hybridized carbons (Fsp3) is 0.241. The molecule has 0 radical (unpaired) electrons. The lowest BCUT2D eigenvalue weighted by Crippen LogP contribution is -2.23. The summed E-state index contributed by atoms with van der Waals surface area (Å²) in [6, 6.07) is 10.5. The van der Waals surface area contributed by atoms with Crippen LogP contribution in [0.15, 0.2) is 59.7 Å². The number of hydrogen-bond acceptors (Lipinski definition) is 7. The van der Waals surface area contributed by atoms with E-state index in [0.29, 0.717) is 40.2 Å². The number of fused-ring (bicyclic) bond motifs is 1. The van der Waals surface area contributed by atoms with Crippen molar-refractivity contribution in [3.63, 3.8) is 0 Å². The molecule has 1 aromatic carbocycles. The topological polar surface area (TPSA) is 146 Å². The lowest BCUT2D eigenvalue weighted by Gasteiger charge is -2.14. The lowest BCUT2D eigenvalue weighted by molar-refractivity contribution is 0.262. The molecule has 12 heteroatoms. The Morgan fingerprint density at radius 3 is 2.51 bits per heavy atom. The van der Waals surface area contributed by atoms with Crippen LogP contribution >= 0.6 is 0 Å². The van der Waals surface area contributed by atoms with E-state index in [-0.39, 0.29) is 22.6 Å². The van der Waals surface area contributed by atoms with Crippen LogP contribution in [0.2, 0.25) is 0 Å². The average Bonchev–Trinajstić information content (AvgIpc) is 3.34. The van der Waals surface area contributed by atoms with Crippen LogP contribution in [0.5, 0.6) is 0 Å². The molecule has 4 aromatic heterocycles. The number of pyridine rings is 2. The fourth-order valence-corrected chi connectivity index (χ4v) is 4.35. The summed E-state index contributed by atoms with van der Waals surface area (Å²) in [5.74, 6) is -0.224. The third-order valence-corrected chi connectivity index (χ3v) is 6.55. The fourth-order valence-electron chi connectivity index (χ4n) is 4.35. The number of carbonyl (C=O) groups excluding carboxylic acids is 1. The molecule has 0 unspecified atom stereocenters. The molecule has 0 aliphatic carbocycles. The van der Waals surface area contributed by atoms with Crippen molar-refractivity contribution in [3.8, 4) is 16.8 Å². The molecular weight excluding hydrogens is 525 g/mol. The van der Waals surface area contributed by atoms with Gasteiger partial charge in [0.2, 0.25) is 5.95 Å². The molecule has 5 rings (SSSR count). The summed E-state index contributed by atoms with van der Waals surface area (Å²) in [7, 11) is 0. The van der Waals surface area contributed by atoms with Gasteiger partial charge < -0.3 is 11.1 Å². The maximum atomic E-state index is 14.9. The molecule has 0 atom stereocenters. The highest BCUT2D eigenvalue weighted by Crippen LogP contribution is 2.28. The number of halogens is 1. The van der Waals surface area contributed by atoms with Crippen LogP contribution in [0.4, 0.5) is 26.6 Å². The number of anilines is 3. The Morgan fingerprint density at radius 2 is 1.83 bits per heavy atom. The van der Waals surface area contributed by atoms with Crippen molar-refractivity contribution in [1.82, 2.24) is 29.3 Å². The second kappa shape index (κ2) is 10.5. The van der Waals surface area contributed by atoms with Crippen LogP contribution in [-0.2, 0) is 12.0 Å². The molecule has 0 aliphatic heterocycles. The third-order valence-electron chi connectivity index (χ3n) is 6.55. The first kappa shape index (κ1) is 27.4. The number of rotatable bonds is 5. The van der Waals surface area contributed by atoms with Crippen molar-refractivity contribution in [1.29, 1.82) is 0 Å². The summed E-state index contributed by atoms with van der Waals surface area (Å²) in [4.78, 5) is 39.0. The molecule has 5 aromatic rings. The quantitative estimate of drug-likeness (QED) is 0.276. The number of carbonyl (C=O) groups is 1. The molecule has 4 N–H and O–H groups in total. The van der Waals surface area contributed by atoms with E-state index in [0.717, 1.165) is 11.4 Å². The number of urea groups is 1. The predicted octanol–water partition coefficient (Wildman–Crippen LogP) is 5.03. The van der Waals surface area contributed by atoms with E-state index in [1.165, 1.54) is 29.0 Å². The zero-order valence-corrected chi connectivity index (χ0v) is 23.4. The van der Waals surface area contributed by atoms with Crippen LogP contribution in [-0.4, -0.2) is 35.3 Å². The highest BCUT2D eigenvalue weighted by molar-refractivity contribution is 6.00. The number of nitrogens with two attached hydrogens (primary N) is 1. The third kappa shape index (κ3) is 5.49. The van der Waals surface area contributed by atoms with Gasteiger partial charge in [0.05, 0.1) is 23.3 Å². The second-order valence-electron chi connectivity index (χ2n) is 10.6. The minimum Gasteiger partial charge on any atom is -0.368 e. The van der Waals surface area contributed by atoms with E-state index in [4.69, 9.17) is 5.73 Å². The number of benzene rings is 1. The Morgan fingerprint density at radius 1 is 1.05 bits per heavy atom. The number of aryl methyl sites for hydroxylation is 2. The summed E-state index contributed by atoms with van der Waals surface area (Å²) in [6.45, 7) is 10.1. The SMILES string of the molecule is CCn1c(=O)c(-c2ccc(F)c(NC(=O)Nc3cc(C(C)(C)C)nn3-c3ccc(C)nc3)c2)cc2cnc(N)nc21. The first-order valence-corrected chi connectivity index (χ1v) is 13.0. The maximum Gasteiger partial charge on any atom is 0.324 e. The highest BCUT2D eigenvalue weighted by Gasteiger charge is 2.22. The number of hydrogen-bond donors (Lipinski definition) is 3. The van der Waals surface area contributed by atoms with Crippen LogP contribution in [0, 0.1) is 12.7 Å². The predicted molar refractivity (Wildman–Crippen MR) is 157 cm³/mol. The zero-order chi connectivity index (χ0) is 29.5. The summed E-state index contributed by atoms with van der Waals surface area (Å²) in [5, 5.41) is 10.6. The molecule has 4 heterocycles. The number of nitrogens with one attached hydrogen (secondary N) is 2. The standard InChI is InChI=1S/C29H30FN9O2/c1-6-38-25-18(14-33-27(31)36-25)11-20(26(38)40)17-8-10-21(30)22(12-17)34-28(41)35-24-13-23(29(3,4)5)37-39(24)19-9-7-16(2)32-15-19/h7-15H,6H2,1-5H3,(H2,31,33,36)(H2,34,35,41). The Labute approximate surface area is 235 Å². The molecule has 41 heavy (non-hydrogen) atoms. The first-order valence-electron chi connectivity index (χ1n) is 13.0. The largest absolute Gasteiger partial charge is 0.368 e. The monoisotopic (exact) mass is 555 g/mol. The van der Waals surface area contributed by atoms with Gasteiger partial charge in [-0.25, -0.2) is 18.9 Å². The van der Waals surface area contributed by atoms with Crippen LogP contribution in [0.25, 0.3) is 27.8 Å². The minimum absolute atomic E-state index is 0.0562. The molecular formula is C29H30FN9O2. The summed E-state index contributed by atoms with van der Waals surface area (Å²) < 4.78 is 17.9. The van der Waals surface area contributed by atoms with E-state index in [1.807, 2.05) is 46.8 Å². The normalized spacial score (nSPS) is 11.6. The van der Waals surface area contributed by atoms with Gasteiger partial charge in [0.15, 0.2) is 0 Å². The van der Waals surface area contributed by atoms with Crippen LogP contribution in [0.3, 0.4) is 0 Å². The minimum atomic E-state index is -0.684. The van der Waals surface area contributed by atoms with Crippen molar-refractivity contribution in [2.24, 2.45) is 0 Å². The van der Waals surface area contributed by atoms with Gasteiger partial charge in [0.1, 0.15) is 17.3 Å². The smallest absolute Gasteiger partial charge is 0.324 e. The van der Waals surface area contributed by atoms with E-state index in [1.54, 1.807) is 23.0 Å².